The van der Waals surface area contributed by atoms with Crippen molar-refractivity contribution in [1.29, 1.82) is 0 Å². The Morgan fingerprint density at radius 3 is 2.47 bits per heavy atom. The molecule has 1 aliphatic carbocycles. The van der Waals surface area contributed by atoms with Crippen LogP contribution in [-0.4, -0.2) is 28.8 Å². The van der Waals surface area contributed by atoms with Gasteiger partial charge in [0.15, 0.2) is 0 Å². The van der Waals surface area contributed by atoms with Gasteiger partial charge in [0.25, 0.3) is 0 Å². The molecule has 0 aromatic heterocycles. The molecular weight excluding hydrogens is 212 g/mol. The number of hydrogen-bond acceptors (Lipinski definition) is 2. The molecule has 0 aromatic carbocycles. The van der Waals surface area contributed by atoms with Crippen LogP contribution in [0.25, 0.3) is 0 Å². The van der Waals surface area contributed by atoms with Crippen LogP contribution in [0.1, 0.15) is 27.7 Å². The summed E-state index contributed by atoms with van der Waals surface area (Å²) in [4.78, 5) is 0. The fourth-order valence-corrected chi connectivity index (χ4v) is 2.20. The Morgan fingerprint density at radius 2 is 2.00 bits per heavy atom. The topological polar surface area (TPSA) is 29.5 Å². The first-order chi connectivity index (χ1) is 6.85. The summed E-state index contributed by atoms with van der Waals surface area (Å²) in [5.74, 6) is 0.371. The van der Waals surface area contributed by atoms with E-state index in [1.807, 2.05) is 26.8 Å². The van der Waals surface area contributed by atoms with Crippen LogP contribution in [0.2, 0.25) is 0 Å². The minimum absolute atomic E-state index is 0.371. The lowest BCUT2D eigenvalue weighted by Gasteiger charge is -2.37. The number of aliphatic hydroxyl groups is 1. The molecule has 0 aromatic rings. The van der Waals surface area contributed by atoms with Gasteiger partial charge in [0.1, 0.15) is 11.2 Å². The van der Waals surface area contributed by atoms with Crippen molar-refractivity contribution in [3.05, 3.63) is 23.3 Å². The molecule has 2 nitrogen and oxygen atoms in total. The van der Waals surface area contributed by atoms with Crippen molar-refractivity contribution in [2.75, 3.05) is 12.5 Å². The van der Waals surface area contributed by atoms with Crippen molar-refractivity contribution < 1.29 is 9.84 Å². The van der Waals surface area contributed by atoms with Crippen LogP contribution < -0.4 is 0 Å². The van der Waals surface area contributed by atoms with Crippen LogP contribution in [0.4, 0.5) is 0 Å². The molecule has 0 fully saturated rings. The molecule has 2 atom stereocenters. The minimum Gasteiger partial charge on any atom is -0.382 e. The molecule has 0 saturated carbocycles. The zero-order chi connectivity index (χ0) is 11.7. The second-order valence-corrected chi connectivity index (χ2v) is 4.59. The predicted octanol–water partition coefficient (Wildman–Crippen LogP) is 2.66. The third-order valence-corrected chi connectivity index (χ3v) is 3.26. The molecule has 3 heteroatoms. The normalized spacial score (nSPS) is 36.1. The summed E-state index contributed by atoms with van der Waals surface area (Å²) in [6.45, 7) is 8.21. The van der Waals surface area contributed by atoms with Gasteiger partial charge in [-0.1, -0.05) is 0 Å². The SMILES string of the molecule is CCOC1(C)C=C(C)C(C)(O)C=C1CCl. The van der Waals surface area contributed by atoms with Crippen molar-refractivity contribution in [1.82, 2.24) is 0 Å². The molecule has 1 rings (SSSR count). The van der Waals surface area contributed by atoms with E-state index in [-0.39, 0.29) is 0 Å². The van der Waals surface area contributed by atoms with E-state index < -0.39 is 11.2 Å². The molecule has 15 heavy (non-hydrogen) atoms. The Labute approximate surface area is 96.6 Å². The second kappa shape index (κ2) is 4.28. The summed E-state index contributed by atoms with van der Waals surface area (Å²) in [5.41, 5.74) is 0.442. The number of hydrogen-bond donors (Lipinski definition) is 1. The van der Waals surface area contributed by atoms with Gasteiger partial charge in [-0.3, -0.25) is 0 Å². The molecule has 0 saturated heterocycles. The number of ether oxygens (including phenoxy) is 1. The molecule has 0 bridgehead atoms. The van der Waals surface area contributed by atoms with E-state index in [1.54, 1.807) is 13.0 Å². The highest BCUT2D eigenvalue weighted by Gasteiger charge is 2.36. The van der Waals surface area contributed by atoms with E-state index in [0.717, 1.165) is 11.1 Å². The quantitative estimate of drug-likeness (QED) is 0.597. The number of alkyl halides is 1. The van der Waals surface area contributed by atoms with E-state index >= 15 is 0 Å². The van der Waals surface area contributed by atoms with Crippen LogP contribution in [0.15, 0.2) is 23.3 Å². The average Bonchev–Trinajstić information content (AvgIpc) is 2.12. The molecular formula is C12H19ClO2. The molecule has 1 aliphatic rings. The molecule has 86 valence electrons. The van der Waals surface area contributed by atoms with Crippen LogP contribution in [-0.2, 0) is 4.74 Å². The zero-order valence-electron chi connectivity index (χ0n) is 9.80. The summed E-state index contributed by atoms with van der Waals surface area (Å²) in [7, 11) is 0. The molecule has 0 amide bonds. The molecule has 2 unspecified atom stereocenters. The molecule has 0 heterocycles. The van der Waals surface area contributed by atoms with Gasteiger partial charge in [-0.15, -0.1) is 11.6 Å². The minimum atomic E-state index is -0.902. The highest BCUT2D eigenvalue weighted by Crippen LogP contribution is 2.35. The summed E-state index contributed by atoms with van der Waals surface area (Å²) in [6.07, 6.45) is 3.75. The van der Waals surface area contributed by atoms with Gasteiger partial charge < -0.3 is 9.84 Å². The predicted molar refractivity (Wildman–Crippen MR) is 63.2 cm³/mol. The van der Waals surface area contributed by atoms with Crippen molar-refractivity contribution in [2.45, 2.75) is 38.9 Å². The first kappa shape index (κ1) is 12.8. The molecule has 0 aliphatic heterocycles. The Kier molecular flexibility index (Phi) is 3.64. The lowest BCUT2D eigenvalue weighted by Crippen LogP contribution is -2.39. The molecule has 0 spiro atoms. The summed E-state index contributed by atoms with van der Waals surface area (Å²) < 4.78 is 5.70. The summed E-state index contributed by atoms with van der Waals surface area (Å²) in [6, 6.07) is 0. The summed E-state index contributed by atoms with van der Waals surface area (Å²) in [5, 5.41) is 10.1. The van der Waals surface area contributed by atoms with E-state index in [2.05, 4.69) is 0 Å². The van der Waals surface area contributed by atoms with Crippen molar-refractivity contribution in [2.24, 2.45) is 0 Å². The number of halogens is 1. The maximum Gasteiger partial charge on any atom is 0.106 e. The fourth-order valence-electron chi connectivity index (χ4n) is 1.85. The molecule has 0 radical (unpaired) electrons. The largest absolute Gasteiger partial charge is 0.382 e. The lowest BCUT2D eigenvalue weighted by molar-refractivity contribution is 0.0318. The third-order valence-electron chi connectivity index (χ3n) is 2.97. The lowest BCUT2D eigenvalue weighted by atomic mass is 9.80. The second-order valence-electron chi connectivity index (χ2n) is 4.32. The monoisotopic (exact) mass is 230 g/mol. The van der Waals surface area contributed by atoms with E-state index in [0.29, 0.717) is 12.5 Å². The van der Waals surface area contributed by atoms with Crippen molar-refractivity contribution in [3.8, 4) is 0 Å². The Balaban J connectivity index is 3.11. The first-order valence-corrected chi connectivity index (χ1v) is 5.73. The standard InChI is InChI=1S/C12H19ClO2/c1-5-15-12(4)6-9(2)11(3,14)7-10(12)8-13/h6-7,14H,5,8H2,1-4H3. The van der Waals surface area contributed by atoms with Crippen LogP contribution in [0.5, 0.6) is 0 Å². The van der Waals surface area contributed by atoms with Crippen LogP contribution in [0, 0.1) is 0 Å². The van der Waals surface area contributed by atoms with Crippen molar-refractivity contribution in [3.63, 3.8) is 0 Å². The van der Waals surface area contributed by atoms with Crippen LogP contribution in [0.3, 0.4) is 0 Å². The van der Waals surface area contributed by atoms with Gasteiger partial charge >= 0.3 is 0 Å². The maximum absolute atomic E-state index is 10.1. The van der Waals surface area contributed by atoms with E-state index in [9.17, 15) is 5.11 Å². The van der Waals surface area contributed by atoms with Gasteiger partial charge in [0.2, 0.25) is 0 Å². The Bertz CT molecular complexity index is 305. The van der Waals surface area contributed by atoms with Gasteiger partial charge in [-0.25, -0.2) is 0 Å². The molecule has 1 N–H and O–H groups in total. The van der Waals surface area contributed by atoms with E-state index in [1.165, 1.54) is 0 Å². The van der Waals surface area contributed by atoms with Crippen molar-refractivity contribution >= 4 is 11.6 Å². The maximum atomic E-state index is 10.1. The van der Waals surface area contributed by atoms with E-state index in [4.69, 9.17) is 16.3 Å². The number of rotatable bonds is 3. The van der Waals surface area contributed by atoms with Gasteiger partial charge in [0.05, 0.1) is 0 Å². The smallest absolute Gasteiger partial charge is 0.106 e. The summed E-state index contributed by atoms with van der Waals surface area (Å²) >= 11 is 5.89. The van der Waals surface area contributed by atoms with Crippen LogP contribution >= 0.6 is 11.6 Å². The first-order valence-electron chi connectivity index (χ1n) is 5.20. The highest BCUT2D eigenvalue weighted by atomic mass is 35.5. The average molecular weight is 231 g/mol. The zero-order valence-corrected chi connectivity index (χ0v) is 10.6. The van der Waals surface area contributed by atoms with Gasteiger partial charge in [-0.05, 0) is 51.0 Å². The third kappa shape index (κ3) is 2.44. The Hall–Kier alpha value is -0.310. The highest BCUT2D eigenvalue weighted by molar-refractivity contribution is 6.19. The van der Waals surface area contributed by atoms with Gasteiger partial charge in [0, 0.05) is 12.5 Å². The van der Waals surface area contributed by atoms with Gasteiger partial charge in [-0.2, -0.15) is 0 Å². The fraction of sp³-hybridized carbons (Fsp3) is 0.667. The Morgan fingerprint density at radius 1 is 1.40 bits per heavy atom.